The van der Waals surface area contributed by atoms with Crippen molar-refractivity contribution in [3.63, 3.8) is 0 Å². The summed E-state index contributed by atoms with van der Waals surface area (Å²) in [4.78, 5) is 17.8. The van der Waals surface area contributed by atoms with E-state index in [4.69, 9.17) is 14.9 Å². The molecule has 1 saturated heterocycles. The Morgan fingerprint density at radius 2 is 2.47 bits per heavy atom. The Morgan fingerprint density at radius 1 is 1.68 bits per heavy atom. The molecule has 6 nitrogen and oxygen atoms in total. The van der Waals surface area contributed by atoms with Crippen LogP contribution in [0.3, 0.4) is 0 Å². The summed E-state index contributed by atoms with van der Waals surface area (Å²) in [5, 5.41) is 0. The number of hydrogen-bond acceptors (Lipinski definition) is 6. The van der Waals surface area contributed by atoms with Gasteiger partial charge in [0.15, 0.2) is 5.69 Å². The molecule has 6 heteroatoms. The van der Waals surface area contributed by atoms with Crippen molar-refractivity contribution >= 4 is 12.0 Å². The van der Waals surface area contributed by atoms with Gasteiger partial charge < -0.3 is 19.8 Å². The minimum Gasteiger partial charge on any atom is -0.461 e. The number of rotatable bonds is 4. The van der Waals surface area contributed by atoms with Crippen LogP contribution in [0.2, 0.25) is 0 Å². The Morgan fingerprint density at radius 3 is 3.16 bits per heavy atom. The zero-order valence-electron chi connectivity index (χ0n) is 11.5. The van der Waals surface area contributed by atoms with Crippen LogP contribution >= 0.6 is 0 Å². The summed E-state index contributed by atoms with van der Waals surface area (Å²) in [5.41, 5.74) is 6.05. The topological polar surface area (TPSA) is 81.6 Å². The van der Waals surface area contributed by atoms with E-state index < -0.39 is 5.97 Å². The lowest BCUT2D eigenvalue weighted by Crippen LogP contribution is -2.49. The fraction of sp³-hybridized carbons (Fsp3) is 0.692. The van der Waals surface area contributed by atoms with E-state index in [2.05, 4.69) is 16.8 Å². The molecule has 106 valence electrons. The van der Waals surface area contributed by atoms with E-state index in [1.54, 1.807) is 6.92 Å². The van der Waals surface area contributed by atoms with Crippen molar-refractivity contribution in [3.05, 3.63) is 12.0 Å². The van der Waals surface area contributed by atoms with Crippen molar-refractivity contribution in [2.75, 3.05) is 24.6 Å². The first-order valence-electron chi connectivity index (χ1n) is 6.76. The lowest BCUT2D eigenvalue weighted by atomic mass is 9.91. The molecule has 0 amide bonds. The van der Waals surface area contributed by atoms with Gasteiger partial charge in [-0.15, -0.1) is 0 Å². The van der Waals surface area contributed by atoms with Crippen LogP contribution in [0.5, 0.6) is 0 Å². The van der Waals surface area contributed by atoms with Gasteiger partial charge in [0.2, 0.25) is 0 Å². The quantitative estimate of drug-likeness (QED) is 0.831. The number of ether oxygens (including phenoxy) is 1. The molecule has 2 heterocycles. The number of hydrogen-bond donors (Lipinski definition) is 1. The highest BCUT2D eigenvalue weighted by molar-refractivity contribution is 5.87. The maximum absolute atomic E-state index is 11.6. The van der Waals surface area contributed by atoms with Crippen molar-refractivity contribution in [1.82, 2.24) is 4.98 Å². The van der Waals surface area contributed by atoms with Crippen LogP contribution in [0.25, 0.3) is 0 Å². The van der Waals surface area contributed by atoms with Gasteiger partial charge in [-0.1, -0.05) is 6.92 Å². The molecule has 1 aliphatic heterocycles. The van der Waals surface area contributed by atoms with Gasteiger partial charge in [-0.3, -0.25) is 0 Å². The zero-order chi connectivity index (χ0) is 13.8. The Labute approximate surface area is 112 Å². The third-order valence-electron chi connectivity index (χ3n) is 3.58. The molecule has 0 aromatic carbocycles. The van der Waals surface area contributed by atoms with Crippen LogP contribution in [-0.4, -0.2) is 36.7 Å². The van der Waals surface area contributed by atoms with Gasteiger partial charge in [-0.05, 0) is 25.7 Å². The van der Waals surface area contributed by atoms with E-state index in [-0.39, 0.29) is 11.7 Å². The van der Waals surface area contributed by atoms with Gasteiger partial charge >= 0.3 is 5.97 Å². The monoisotopic (exact) mass is 267 g/mol. The van der Waals surface area contributed by atoms with Gasteiger partial charge in [0, 0.05) is 19.1 Å². The van der Waals surface area contributed by atoms with Crippen LogP contribution in [0.4, 0.5) is 6.01 Å². The number of nitrogens with zero attached hydrogens (tertiary/aromatic N) is 2. The zero-order valence-corrected chi connectivity index (χ0v) is 11.5. The fourth-order valence-electron chi connectivity index (χ4n) is 2.54. The molecule has 19 heavy (non-hydrogen) atoms. The second-order valence-corrected chi connectivity index (χ2v) is 4.85. The molecule has 0 saturated carbocycles. The minimum atomic E-state index is -0.452. The summed E-state index contributed by atoms with van der Waals surface area (Å²) in [5.74, 6) is 0.0450. The van der Waals surface area contributed by atoms with E-state index in [1.165, 1.54) is 6.26 Å². The molecule has 1 aliphatic rings. The SMILES string of the molecule is CCOC(=O)c1coc(N2CCCC(C)C2CN)n1. The summed E-state index contributed by atoms with van der Waals surface area (Å²) < 4.78 is 10.3. The van der Waals surface area contributed by atoms with Gasteiger partial charge in [0.25, 0.3) is 6.01 Å². The van der Waals surface area contributed by atoms with Crippen LogP contribution in [0.1, 0.15) is 37.2 Å². The smallest absolute Gasteiger partial charge is 0.360 e. The van der Waals surface area contributed by atoms with Crippen molar-refractivity contribution in [2.45, 2.75) is 32.7 Å². The second kappa shape index (κ2) is 6.06. The summed E-state index contributed by atoms with van der Waals surface area (Å²) in [6.45, 7) is 5.68. The molecule has 1 fully saturated rings. The summed E-state index contributed by atoms with van der Waals surface area (Å²) >= 11 is 0. The average molecular weight is 267 g/mol. The number of oxazole rings is 1. The van der Waals surface area contributed by atoms with Crippen LogP contribution in [0, 0.1) is 5.92 Å². The third-order valence-corrected chi connectivity index (χ3v) is 3.58. The Kier molecular flexibility index (Phi) is 4.42. The number of carbonyl (C=O) groups excluding carboxylic acids is 1. The number of esters is 1. The number of carbonyl (C=O) groups is 1. The number of anilines is 1. The van der Waals surface area contributed by atoms with E-state index in [0.29, 0.717) is 25.1 Å². The summed E-state index contributed by atoms with van der Waals surface area (Å²) in [6.07, 6.45) is 3.58. The second-order valence-electron chi connectivity index (χ2n) is 4.85. The lowest BCUT2D eigenvalue weighted by molar-refractivity contribution is 0.0519. The van der Waals surface area contributed by atoms with Crippen molar-refractivity contribution < 1.29 is 13.9 Å². The lowest BCUT2D eigenvalue weighted by Gasteiger charge is -2.38. The molecule has 0 aliphatic carbocycles. The number of piperidine rings is 1. The predicted molar refractivity (Wildman–Crippen MR) is 71.0 cm³/mol. The van der Waals surface area contributed by atoms with Crippen LogP contribution in [-0.2, 0) is 4.74 Å². The summed E-state index contributed by atoms with van der Waals surface area (Å²) in [6, 6.07) is 0.674. The molecule has 1 aromatic heterocycles. The maximum atomic E-state index is 11.6. The molecule has 1 aromatic rings. The van der Waals surface area contributed by atoms with Crippen molar-refractivity contribution in [2.24, 2.45) is 11.7 Å². The predicted octanol–water partition coefficient (Wildman–Crippen LogP) is 1.41. The molecular formula is C13H21N3O3. The molecule has 2 unspecified atom stereocenters. The minimum absolute atomic E-state index is 0.211. The van der Waals surface area contributed by atoms with Crippen molar-refractivity contribution in [1.29, 1.82) is 0 Å². The number of aromatic nitrogens is 1. The highest BCUT2D eigenvalue weighted by Crippen LogP contribution is 2.27. The first kappa shape index (κ1) is 13.9. The molecule has 0 spiro atoms. The van der Waals surface area contributed by atoms with E-state index in [1.807, 2.05) is 0 Å². The highest BCUT2D eigenvalue weighted by Gasteiger charge is 2.30. The Hall–Kier alpha value is -1.56. The maximum Gasteiger partial charge on any atom is 0.360 e. The molecule has 2 rings (SSSR count). The fourth-order valence-corrected chi connectivity index (χ4v) is 2.54. The molecule has 2 N–H and O–H groups in total. The average Bonchev–Trinajstić information content (AvgIpc) is 2.88. The molecule has 2 atom stereocenters. The Bertz CT molecular complexity index is 433. The van der Waals surface area contributed by atoms with Gasteiger partial charge in [-0.25, -0.2) is 4.79 Å². The van der Waals surface area contributed by atoms with Gasteiger partial charge in [-0.2, -0.15) is 4.98 Å². The molecule has 0 bridgehead atoms. The van der Waals surface area contributed by atoms with Crippen molar-refractivity contribution in [3.8, 4) is 0 Å². The first-order chi connectivity index (χ1) is 9.17. The standard InChI is InChI=1S/C13H21N3O3/c1-3-18-12(17)10-8-19-13(15-10)16-6-4-5-9(2)11(16)7-14/h8-9,11H,3-7,14H2,1-2H3. The third kappa shape index (κ3) is 2.89. The number of nitrogens with two attached hydrogens (primary N) is 1. The highest BCUT2D eigenvalue weighted by atomic mass is 16.5. The van der Waals surface area contributed by atoms with Crippen LogP contribution in [0.15, 0.2) is 10.7 Å². The first-order valence-corrected chi connectivity index (χ1v) is 6.76. The van der Waals surface area contributed by atoms with Gasteiger partial charge in [0.05, 0.1) is 6.61 Å². The van der Waals surface area contributed by atoms with E-state index in [0.717, 1.165) is 19.4 Å². The summed E-state index contributed by atoms with van der Waals surface area (Å²) in [7, 11) is 0. The van der Waals surface area contributed by atoms with E-state index >= 15 is 0 Å². The Balaban J connectivity index is 2.14. The van der Waals surface area contributed by atoms with Gasteiger partial charge in [0.1, 0.15) is 6.26 Å². The normalized spacial score (nSPS) is 23.4. The van der Waals surface area contributed by atoms with Crippen LogP contribution < -0.4 is 10.6 Å². The molecular weight excluding hydrogens is 246 g/mol. The largest absolute Gasteiger partial charge is 0.461 e. The van der Waals surface area contributed by atoms with E-state index in [9.17, 15) is 4.79 Å². The molecule has 0 radical (unpaired) electrons.